The van der Waals surface area contributed by atoms with Gasteiger partial charge in [0, 0.05) is 24.8 Å². The summed E-state index contributed by atoms with van der Waals surface area (Å²) in [6.07, 6.45) is 5.29. The molecule has 0 N–H and O–H groups in total. The van der Waals surface area contributed by atoms with Crippen LogP contribution in [0.15, 0.2) is 61.6 Å². The second-order valence-electron chi connectivity index (χ2n) is 8.67. The Bertz CT molecular complexity index is 1450. The smallest absolute Gasteiger partial charge is 0.246 e. The molecule has 7 heteroatoms. The van der Waals surface area contributed by atoms with E-state index < -0.39 is 5.82 Å². The summed E-state index contributed by atoms with van der Waals surface area (Å²) in [7, 11) is 0. The molecule has 4 aromatic rings. The van der Waals surface area contributed by atoms with Gasteiger partial charge in [-0.2, -0.15) is 0 Å². The van der Waals surface area contributed by atoms with Crippen LogP contribution in [-0.2, 0) is 4.79 Å². The topological polar surface area (TPSA) is 62.2 Å². The van der Waals surface area contributed by atoms with Crippen molar-refractivity contribution in [3.63, 3.8) is 0 Å². The minimum absolute atomic E-state index is 0.0440. The van der Waals surface area contributed by atoms with Crippen molar-refractivity contribution in [2.75, 3.05) is 18.0 Å². The summed E-state index contributed by atoms with van der Waals surface area (Å²) < 4.78 is 15.8. The standard InChI is InChI=1S/C26H22FN5O/c1-3-21(33)31-11-10-19-20(31)13-32(19)26-18-12-28-24(23(27)25(18)29-14-30-26)17-9-5-8-16-7-4-6-15(2)22(16)17/h3-9,12,14,19-20H,1,10-11,13H2,2H3/t19-,20-/m1/s1. The summed E-state index contributed by atoms with van der Waals surface area (Å²) in [4.78, 5) is 29.4. The van der Waals surface area contributed by atoms with Crippen LogP contribution in [0.4, 0.5) is 10.2 Å². The summed E-state index contributed by atoms with van der Waals surface area (Å²) in [5.41, 5.74) is 2.37. The summed E-state index contributed by atoms with van der Waals surface area (Å²) >= 11 is 0. The largest absolute Gasteiger partial charge is 0.349 e. The number of aromatic nitrogens is 3. The third kappa shape index (κ3) is 2.85. The lowest BCUT2D eigenvalue weighted by Gasteiger charge is -2.47. The number of carbonyl (C=O) groups is 1. The molecule has 2 aliphatic heterocycles. The number of benzene rings is 2. The Morgan fingerprint density at radius 3 is 2.79 bits per heavy atom. The molecule has 2 saturated heterocycles. The molecule has 0 bridgehead atoms. The van der Waals surface area contributed by atoms with Crippen molar-refractivity contribution < 1.29 is 9.18 Å². The van der Waals surface area contributed by atoms with E-state index in [1.165, 1.54) is 12.4 Å². The van der Waals surface area contributed by atoms with Gasteiger partial charge in [-0.15, -0.1) is 0 Å². The van der Waals surface area contributed by atoms with Gasteiger partial charge in [-0.3, -0.25) is 9.78 Å². The van der Waals surface area contributed by atoms with Gasteiger partial charge < -0.3 is 9.80 Å². The molecule has 0 spiro atoms. The van der Waals surface area contributed by atoms with Gasteiger partial charge in [-0.05, 0) is 35.8 Å². The summed E-state index contributed by atoms with van der Waals surface area (Å²) in [5, 5.41) is 2.62. The Kier molecular flexibility index (Phi) is 4.40. The Morgan fingerprint density at radius 2 is 1.97 bits per heavy atom. The number of hydrogen-bond donors (Lipinski definition) is 0. The molecule has 0 radical (unpaired) electrons. The fourth-order valence-electron chi connectivity index (χ4n) is 5.38. The van der Waals surface area contributed by atoms with Crippen molar-refractivity contribution in [1.29, 1.82) is 0 Å². The van der Waals surface area contributed by atoms with Gasteiger partial charge in [0.25, 0.3) is 0 Å². The van der Waals surface area contributed by atoms with Crippen LogP contribution >= 0.6 is 0 Å². The van der Waals surface area contributed by atoms with Crippen LogP contribution in [0.1, 0.15) is 12.0 Å². The first-order valence-corrected chi connectivity index (χ1v) is 11.1. The molecular weight excluding hydrogens is 417 g/mol. The summed E-state index contributed by atoms with van der Waals surface area (Å²) in [6.45, 7) is 6.97. The lowest BCUT2D eigenvalue weighted by atomic mass is 9.96. The highest BCUT2D eigenvalue weighted by Gasteiger charge is 2.49. The van der Waals surface area contributed by atoms with Crippen LogP contribution in [0, 0.1) is 12.7 Å². The lowest BCUT2D eigenvalue weighted by molar-refractivity contribution is -0.127. The fourth-order valence-corrected chi connectivity index (χ4v) is 5.38. The molecular formula is C26H22FN5O. The molecule has 164 valence electrons. The number of pyridine rings is 1. The number of hydrogen-bond acceptors (Lipinski definition) is 5. The van der Waals surface area contributed by atoms with E-state index >= 15 is 4.39 Å². The molecule has 2 atom stereocenters. The minimum Gasteiger partial charge on any atom is -0.349 e. The normalized spacial score (nSPS) is 19.6. The first-order valence-electron chi connectivity index (χ1n) is 11.1. The average molecular weight is 439 g/mol. The van der Waals surface area contributed by atoms with E-state index in [0.29, 0.717) is 24.3 Å². The van der Waals surface area contributed by atoms with Crippen molar-refractivity contribution in [2.45, 2.75) is 25.4 Å². The number of amides is 1. The van der Waals surface area contributed by atoms with Gasteiger partial charge in [-0.1, -0.05) is 43.0 Å². The second-order valence-corrected chi connectivity index (χ2v) is 8.67. The van der Waals surface area contributed by atoms with Crippen LogP contribution in [0.2, 0.25) is 0 Å². The fraction of sp³-hybridized carbons (Fsp3) is 0.231. The third-order valence-electron chi connectivity index (χ3n) is 6.99. The predicted molar refractivity (Wildman–Crippen MR) is 126 cm³/mol. The number of anilines is 1. The van der Waals surface area contributed by atoms with Crippen LogP contribution in [-0.4, -0.2) is 50.9 Å². The Hall–Kier alpha value is -3.87. The molecule has 33 heavy (non-hydrogen) atoms. The Balaban J connectivity index is 1.43. The maximum atomic E-state index is 15.8. The first-order chi connectivity index (χ1) is 16.1. The van der Waals surface area contributed by atoms with Gasteiger partial charge in [-0.25, -0.2) is 14.4 Å². The maximum Gasteiger partial charge on any atom is 0.246 e. The quantitative estimate of drug-likeness (QED) is 0.446. The van der Waals surface area contributed by atoms with Crippen molar-refractivity contribution in [2.24, 2.45) is 0 Å². The van der Waals surface area contributed by atoms with Crippen molar-refractivity contribution in [3.8, 4) is 11.3 Å². The van der Waals surface area contributed by atoms with Crippen molar-refractivity contribution in [1.82, 2.24) is 19.9 Å². The summed E-state index contributed by atoms with van der Waals surface area (Å²) in [5.74, 6) is 0.178. The van der Waals surface area contributed by atoms with E-state index in [1.807, 2.05) is 48.2 Å². The van der Waals surface area contributed by atoms with Crippen LogP contribution < -0.4 is 4.90 Å². The SMILES string of the molecule is C=CC(=O)N1CC[C@@H]2[C@H]1CN2c1ncnc2c(F)c(-c3cccc4cccc(C)c34)ncc12. The molecule has 6 rings (SSSR count). The number of carbonyl (C=O) groups excluding carboxylic acids is 1. The molecule has 0 saturated carbocycles. The van der Waals surface area contributed by atoms with Crippen LogP contribution in [0.3, 0.4) is 0 Å². The lowest BCUT2D eigenvalue weighted by Crippen LogP contribution is -2.63. The molecule has 2 fully saturated rings. The number of fused-ring (bicyclic) bond motifs is 3. The second kappa shape index (κ2) is 7.33. The minimum atomic E-state index is -0.445. The van der Waals surface area contributed by atoms with E-state index in [4.69, 9.17) is 0 Å². The first kappa shape index (κ1) is 19.8. The molecule has 2 aromatic heterocycles. The molecule has 2 aliphatic rings. The number of likely N-dealkylation sites (tertiary alicyclic amines) is 1. The molecule has 6 nitrogen and oxygen atoms in total. The predicted octanol–water partition coefficient (Wildman–Crippen LogP) is 4.27. The Labute approximate surface area is 190 Å². The number of halogens is 1. The van der Waals surface area contributed by atoms with Gasteiger partial charge in [0.1, 0.15) is 23.4 Å². The molecule has 2 aromatic carbocycles. The monoisotopic (exact) mass is 439 g/mol. The molecule has 0 aliphatic carbocycles. The molecule has 0 unspecified atom stereocenters. The highest BCUT2D eigenvalue weighted by atomic mass is 19.1. The maximum absolute atomic E-state index is 15.8. The number of rotatable bonds is 3. The van der Waals surface area contributed by atoms with Gasteiger partial charge in [0.15, 0.2) is 5.82 Å². The van der Waals surface area contributed by atoms with Gasteiger partial charge >= 0.3 is 0 Å². The Morgan fingerprint density at radius 1 is 1.15 bits per heavy atom. The van der Waals surface area contributed by atoms with Crippen LogP contribution in [0.25, 0.3) is 32.9 Å². The van der Waals surface area contributed by atoms with Crippen molar-refractivity contribution in [3.05, 3.63) is 73.0 Å². The van der Waals surface area contributed by atoms with E-state index in [1.54, 1.807) is 6.20 Å². The van der Waals surface area contributed by atoms with E-state index in [9.17, 15) is 4.79 Å². The zero-order valence-electron chi connectivity index (χ0n) is 18.2. The zero-order chi connectivity index (χ0) is 22.7. The van der Waals surface area contributed by atoms with Crippen molar-refractivity contribution >= 4 is 33.4 Å². The average Bonchev–Trinajstić information content (AvgIpc) is 3.15. The van der Waals surface area contributed by atoms with Crippen LogP contribution in [0.5, 0.6) is 0 Å². The van der Waals surface area contributed by atoms with Gasteiger partial charge in [0.2, 0.25) is 5.91 Å². The van der Waals surface area contributed by atoms with E-state index in [-0.39, 0.29) is 29.2 Å². The van der Waals surface area contributed by atoms with E-state index in [0.717, 1.165) is 28.3 Å². The van der Waals surface area contributed by atoms with Gasteiger partial charge in [0.05, 0.1) is 17.5 Å². The summed E-state index contributed by atoms with van der Waals surface area (Å²) in [6, 6.07) is 12.2. The third-order valence-corrected chi connectivity index (χ3v) is 6.99. The zero-order valence-corrected chi connectivity index (χ0v) is 18.2. The molecule has 1 amide bonds. The highest BCUT2D eigenvalue weighted by molar-refractivity contribution is 6.00. The highest BCUT2D eigenvalue weighted by Crippen LogP contribution is 2.40. The number of aryl methyl sites for hydroxylation is 1. The number of nitrogens with zero attached hydrogens (tertiary/aromatic N) is 5. The van der Waals surface area contributed by atoms with E-state index in [2.05, 4.69) is 26.4 Å². The molecule has 4 heterocycles.